The molecule has 0 radical (unpaired) electrons. The van der Waals surface area contributed by atoms with Crippen LogP contribution in [0.1, 0.15) is 33.0 Å². The predicted molar refractivity (Wildman–Crippen MR) is 81.9 cm³/mol. The molecule has 1 N–H and O–H groups in total. The Kier molecular flexibility index (Phi) is 4.51. The zero-order valence-corrected chi connectivity index (χ0v) is 13.4. The number of carbonyl (C=O) groups is 1. The van der Waals surface area contributed by atoms with E-state index in [0.717, 1.165) is 6.07 Å². The van der Waals surface area contributed by atoms with Crippen molar-refractivity contribution in [1.29, 1.82) is 0 Å². The fourth-order valence-electron chi connectivity index (χ4n) is 2.17. The number of hydrogen-bond acceptors (Lipinski definition) is 3. The Morgan fingerprint density at radius 1 is 1.41 bits per heavy atom. The van der Waals surface area contributed by atoms with Gasteiger partial charge in [-0.05, 0) is 23.6 Å². The summed E-state index contributed by atoms with van der Waals surface area (Å²) in [6.45, 7) is 5.88. The molecule has 0 fully saturated rings. The van der Waals surface area contributed by atoms with Crippen LogP contribution in [0.3, 0.4) is 0 Å². The molecule has 7 heteroatoms. The SMILES string of the molecule is CC(C)(C)CC(=O)Cc1n[nH]c(=O)n1-c1ccc(F)c(Cl)c1. The zero-order valence-electron chi connectivity index (χ0n) is 12.6. The molecule has 1 aromatic heterocycles. The highest BCUT2D eigenvalue weighted by molar-refractivity contribution is 6.30. The van der Waals surface area contributed by atoms with E-state index in [4.69, 9.17) is 11.6 Å². The summed E-state index contributed by atoms with van der Waals surface area (Å²) in [5.74, 6) is -0.324. The third-order valence-corrected chi connectivity index (χ3v) is 3.28. The topological polar surface area (TPSA) is 67.8 Å². The fraction of sp³-hybridized carbons (Fsp3) is 0.400. The van der Waals surface area contributed by atoms with Crippen molar-refractivity contribution in [2.24, 2.45) is 5.41 Å². The number of ketones is 1. The van der Waals surface area contributed by atoms with E-state index in [1.165, 1.54) is 16.7 Å². The average Bonchev–Trinajstić information content (AvgIpc) is 2.72. The summed E-state index contributed by atoms with van der Waals surface area (Å²) in [7, 11) is 0. The number of nitrogens with zero attached hydrogens (tertiary/aromatic N) is 2. The molecule has 0 aliphatic carbocycles. The molecule has 0 spiro atoms. The highest BCUT2D eigenvalue weighted by Crippen LogP contribution is 2.21. The molecule has 1 heterocycles. The summed E-state index contributed by atoms with van der Waals surface area (Å²) in [6.07, 6.45) is 0.392. The maximum Gasteiger partial charge on any atom is 0.347 e. The van der Waals surface area contributed by atoms with E-state index in [2.05, 4.69) is 10.2 Å². The van der Waals surface area contributed by atoms with Gasteiger partial charge < -0.3 is 0 Å². The second-order valence-electron chi connectivity index (χ2n) is 6.33. The molecule has 0 amide bonds. The lowest BCUT2D eigenvalue weighted by Crippen LogP contribution is -2.20. The normalized spacial score (nSPS) is 11.7. The minimum Gasteiger partial charge on any atom is -0.299 e. The quantitative estimate of drug-likeness (QED) is 0.939. The van der Waals surface area contributed by atoms with E-state index >= 15 is 0 Å². The molecule has 1 aromatic carbocycles. The van der Waals surface area contributed by atoms with Crippen molar-refractivity contribution in [1.82, 2.24) is 14.8 Å². The van der Waals surface area contributed by atoms with Crippen LogP contribution in [0.25, 0.3) is 5.69 Å². The predicted octanol–water partition coefficient (Wildman–Crippen LogP) is 2.90. The Balaban J connectivity index is 2.34. The van der Waals surface area contributed by atoms with Gasteiger partial charge in [-0.1, -0.05) is 32.4 Å². The van der Waals surface area contributed by atoms with Crippen molar-refractivity contribution in [2.45, 2.75) is 33.6 Å². The molecule has 5 nitrogen and oxygen atoms in total. The van der Waals surface area contributed by atoms with Crippen LogP contribution >= 0.6 is 11.6 Å². The van der Waals surface area contributed by atoms with Crippen LogP contribution in [0, 0.1) is 11.2 Å². The zero-order chi connectivity index (χ0) is 16.5. The highest BCUT2D eigenvalue weighted by atomic mass is 35.5. The third kappa shape index (κ3) is 3.82. The second kappa shape index (κ2) is 6.04. The van der Waals surface area contributed by atoms with Crippen LogP contribution in [0.5, 0.6) is 0 Å². The van der Waals surface area contributed by atoms with Crippen LogP contribution in [0.4, 0.5) is 4.39 Å². The van der Waals surface area contributed by atoms with Crippen molar-refractivity contribution in [3.63, 3.8) is 0 Å². The molecule has 0 aliphatic heterocycles. The number of aromatic amines is 1. The molecular formula is C15H17ClFN3O2. The Morgan fingerprint density at radius 3 is 2.68 bits per heavy atom. The molecule has 0 bridgehead atoms. The van der Waals surface area contributed by atoms with Crippen molar-refractivity contribution in [2.75, 3.05) is 0 Å². The summed E-state index contributed by atoms with van der Waals surface area (Å²) in [5.41, 5.74) is -0.275. The van der Waals surface area contributed by atoms with E-state index in [0.29, 0.717) is 12.1 Å². The average molecular weight is 326 g/mol. The van der Waals surface area contributed by atoms with E-state index in [1.54, 1.807) is 0 Å². The number of hydrogen-bond donors (Lipinski definition) is 1. The Labute approximate surface area is 132 Å². The van der Waals surface area contributed by atoms with Crippen molar-refractivity contribution in [3.8, 4) is 5.69 Å². The molecule has 0 unspecified atom stereocenters. The number of carbonyl (C=O) groups excluding carboxylic acids is 1. The Hall–Kier alpha value is -1.95. The van der Waals surface area contributed by atoms with Gasteiger partial charge in [0.15, 0.2) is 0 Å². The second-order valence-corrected chi connectivity index (χ2v) is 6.74. The molecular weight excluding hydrogens is 309 g/mol. The van der Waals surface area contributed by atoms with Gasteiger partial charge in [-0.3, -0.25) is 4.79 Å². The first-order valence-corrected chi connectivity index (χ1v) is 7.18. The molecule has 0 saturated heterocycles. The van der Waals surface area contributed by atoms with Gasteiger partial charge in [0.1, 0.15) is 17.4 Å². The van der Waals surface area contributed by atoms with Crippen LogP contribution < -0.4 is 5.69 Å². The molecule has 2 rings (SSSR count). The maximum absolute atomic E-state index is 13.2. The smallest absolute Gasteiger partial charge is 0.299 e. The van der Waals surface area contributed by atoms with Crippen LogP contribution in [-0.2, 0) is 11.2 Å². The van der Waals surface area contributed by atoms with Gasteiger partial charge in [0, 0.05) is 6.42 Å². The first-order valence-electron chi connectivity index (χ1n) is 6.81. The summed E-state index contributed by atoms with van der Waals surface area (Å²) >= 11 is 5.74. The number of Topliss-reactive ketones (excluding diaryl/α,β-unsaturated/α-hetero) is 1. The molecule has 0 atom stereocenters. The lowest BCUT2D eigenvalue weighted by molar-refractivity contribution is -0.120. The molecule has 0 saturated carbocycles. The lowest BCUT2D eigenvalue weighted by atomic mass is 9.89. The minimum absolute atomic E-state index is 0.0189. The number of halogens is 2. The van der Waals surface area contributed by atoms with E-state index in [-0.39, 0.29) is 28.5 Å². The number of aromatic nitrogens is 3. The Bertz CT molecular complexity index is 759. The molecule has 118 valence electrons. The largest absolute Gasteiger partial charge is 0.347 e. The first kappa shape index (κ1) is 16.4. The highest BCUT2D eigenvalue weighted by Gasteiger charge is 2.20. The van der Waals surface area contributed by atoms with Gasteiger partial charge in [0.2, 0.25) is 0 Å². The maximum atomic E-state index is 13.2. The van der Waals surface area contributed by atoms with Gasteiger partial charge >= 0.3 is 5.69 Å². The van der Waals surface area contributed by atoms with Gasteiger partial charge in [-0.2, -0.15) is 5.10 Å². The number of nitrogens with one attached hydrogen (secondary N) is 1. The monoisotopic (exact) mass is 325 g/mol. The summed E-state index contributed by atoms with van der Waals surface area (Å²) in [6, 6.07) is 3.90. The van der Waals surface area contributed by atoms with E-state index < -0.39 is 11.5 Å². The number of H-pyrrole nitrogens is 1. The molecule has 2 aromatic rings. The first-order chi connectivity index (χ1) is 10.2. The van der Waals surface area contributed by atoms with Crippen molar-refractivity contribution < 1.29 is 9.18 Å². The Morgan fingerprint density at radius 2 is 2.09 bits per heavy atom. The molecule has 22 heavy (non-hydrogen) atoms. The number of rotatable bonds is 4. The fourth-order valence-corrected chi connectivity index (χ4v) is 2.34. The van der Waals surface area contributed by atoms with Crippen LogP contribution in [0.2, 0.25) is 5.02 Å². The minimum atomic E-state index is -0.577. The van der Waals surface area contributed by atoms with Crippen molar-refractivity contribution in [3.05, 3.63) is 45.3 Å². The standard InChI is InChI=1S/C15H17ClFN3O2/c1-15(2,3)8-10(21)7-13-18-19-14(22)20(13)9-4-5-12(17)11(16)6-9/h4-6H,7-8H2,1-3H3,(H,19,22). The summed E-state index contributed by atoms with van der Waals surface area (Å²) in [5, 5.41) is 6.09. The van der Waals surface area contributed by atoms with E-state index in [1.807, 2.05) is 20.8 Å². The molecule has 0 aliphatic rings. The van der Waals surface area contributed by atoms with Gasteiger partial charge in [0.05, 0.1) is 17.1 Å². The van der Waals surface area contributed by atoms with Gasteiger partial charge in [0.25, 0.3) is 0 Å². The van der Waals surface area contributed by atoms with E-state index in [9.17, 15) is 14.0 Å². The van der Waals surface area contributed by atoms with Crippen LogP contribution in [0.15, 0.2) is 23.0 Å². The lowest BCUT2D eigenvalue weighted by Gasteiger charge is -2.16. The van der Waals surface area contributed by atoms with Crippen LogP contribution in [-0.4, -0.2) is 20.5 Å². The number of benzene rings is 1. The van der Waals surface area contributed by atoms with Gasteiger partial charge in [-0.25, -0.2) is 18.9 Å². The summed E-state index contributed by atoms with van der Waals surface area (Å²) in [4.78, 5) is 24.0. The summed E-state index contributed by atoms with van der Waals surface area (Å²) < 4.78 is 14.5. The van der Waals surface area contributed by atoms with Gasteiger partial charge in [-0.15, -0.1) is 0 Å². The third-order valence-electron chi connectivity index (χ3n) is 2.99. The van der Waals surface area contributed by atoms with Crippen molar-refractivity contribution >= 4 is 17.4 Å².